The maximum absolute atomic E-state index is 6.44. The van der Waals surface area contributed by atoms with E-state index in [4.69, 9.17) is 37.6 Å². The summed E-state index contributed by atoms with van der Waals surface area (Å²) in [5.41, 5.74) is 37.2. The van der Waals surface area contributed by atoms with Gasteiger partial charge in [0.15, 0.2) is 47.1 Å². The van der Waals surface area contributed by atoms with Crippen LogP contribution in [0.3, 0.4) is 0 Å². The van der Waals surface area contributed by atoms with Crippen molar-refractivity contribution in [3.05, 3.63) is 236 Å². The van der Waals surface area contributed by atoms with E-state index in [1.54, 1.807) is 0 Å². The van der Waals surface area contributed by atoms with Gasteiger partial charge in [-0.2, -0.15) is 0 Å². The molecule has 0 unspecified atom stereocenters. The van der Waals surface area contributed by atoms with Crippen molar-refractivity contribution < 1.29 is 35.9 Å². The number of hydrogen-bond donors (Lipinski definition) is 0. The first-order valence-electron chi connectivity index (χ1n) is 44.6. The molecule has 0 radical (unpaired) electrons. The second-order valence-corrected chi connectivity index (χ2v) is 36.6. The van der Waals surface area contributed by atoms with E-state index < -0.39 is 0 Å². The summed E-state index contributed by atoms with van der Waals surface area (Å²) in [5.74, 6) is 3.96. The van der Waals surface area contributed by atoms with E-state index in [2.05, 4.69) is 310 Å². The molecule has 119 heavy (non-hydrogen) atoms. The molecule has 612 valence electrons. The second kappa shape index (κ2) is 33.8. The molecule has 0 spiro atoms. The summed E-state index contributed by atoms with van der Waals surface area (Å²) in [6.07, 6.45) is 28.2. The summed E-state index contributed by atoms with van der Waals surface area (Å²) in [4.78, 5) is 19.1. The van der Waals surface area contributed by atoms with Gasteiger partial charge in [-0.25, -0.2) is 38.2 Å². The smallest absolute Gasteiger partial charge is 0.227 e. The molecule has 19 rings (SSSR count). The molecule has 0 bridgehead atoms. The first-order chi connectivity index (χ1) is 57.2. The zero-order chi connectivity index (χ0) is 83.7. The van der Waals surface area contributed by atoms with Gasteiger partial charge in [-0.1, -0.05) is 156 Å². The molecule has 12 heterocycles. The topological polar surface area (TPSA) is 120 Å². The number of aromatic nitrogens is 8. The first-order valence-corrected chi connectivity index (χ1v) is 44.6. The van der Waals surface area contributed by atoms with E-state index in [1.807, 2.05) is 0 Å². The average molecular weight is 1590 g/mol. The van der Waals surface area contributed by atoms with Crippen molar-refractivity contribution in [2.24, 2.45) is 34.1 Å². The molecule has 0 atom stereocenters. The van der Waals surface area contributed by atoms with Crippen molar-refractivity contribution in [2.45, 2.75) is 250 Å². The molecule has 16 aromatic rings. The Bertz CT molecular complexity index is 6560. The van der Waals surface area contributed by atoms with Gasteiger partial charge in [0.1, 0.15) is 28.2 Å². The fraction of sp³-hybridized carbons (Fsp3) is 0.402. The van der Waals surface area contributed by atoms with Crippen molar-refractivity contribution in [3.8, 4) is 45.0 Å². The summed E-state index contributed by atoms with van der Waals surface area (Å²) < 4.78 is 34.7. The number of hydrogen-bond acceptors (Lipinski definition) is 8. The molecule has 4 aromatic carbocycles. The maximum Gasteiger partial charge on any atom is 0.227 e. The summed E-state index contributed by atoms with van der Waals surface area (Å²) in [6, 6.07) is 44.3. The van der Waals surface area contributed by atoms with Crippen LogP contribution in [0, 0.1) is 54.4 Å². The Hall–Kier alpha value is -10.7. The highest BCUT2D eigenvalue weighted by molar-refractivity contribution is 6.12. The summed E-state index contributed by atoms with van der Waals surface area (Å²) >= 11 is 0. The van der Waals surface area contributed by atoms with Crippen LogP contribution in [0.1, 0.15) is 271 Å². The van der Waals surface area contributed by atoms with Crippen LogP contribution in [0.15, 0.2) is 164 Å². The minimum atomic E-state index is 0.374. The number of benzene rings is 4. The van der Waals surface area contributed by atoms with E-state index in [-0.39, 0.29) is 0 Å². The molecular weight excluding hydrogens is 1460 g/mol. The fourth-order valence-electron chi connectivity index (χ4n) is 19.9. The molecular formula is C107H124N8O4+4. The number of rotatable bonds is 14. The fourth-order valence-corrected chi connectivity index (χ4v) is 19.9. The van der Waals surface area contributed by atoms with Gasteiger partial charge in [0.25, 0.3) is 0 Å². The highest BCUT2D eigenvalue weighted by Crippen LogP contribution is 2.46. The molecule has 3 aliphatic carbocycles. The minimum absolute atomic E-state index is 0.374. The Labute approximate surface area is 704 Å². The minimum Gasteiger partial charge on any atom is -0.437 e. The lowest BCUT2D eigenvalue weighted by Gasteiger charge is -2.15. The van der Waals surface area contributed by atoms with Gasteiger partial charge in [-0.05, 0) is 241 Å². The van der Waals surface area contributed by atoms with Crippen LogP contribution in [-0.2, 0) is 47.5 Å². The SMILES string of the molecule is CCc1ccc2c(n1)oc1c(-c3cc(C)c(C4CCCC4)c[n+]3C)c(C)ccc12.CCc1ccc2c(n1)oc1c(-c3cc(C4CCCC4)c(C)c[n+]3C)c(C)ccc12.Cc1c[n+](C)c(-c2c(C)ccc3c2oc2nc(C(C)C)ccc23)cc1C1CCCC1.Cc1ccc2c(oc3nc(C(C)C)ccc32)c1-c1cc(CC(C)C)c(C(C)C)c[n+]1C. The Kier molecular flexibility index (Phi) is 23.3. The van der Waals surface area contributed by atoms with Crippen LogP contribution in [0.5, 0.6) is 0 Å². The molecule has 12 heteroatoms. The van der Waals surface area contributed by atoms with Gasteiger partial charge in [-0.15, -0.1) is 0 Å². The number of furan rings is 4. The van der Waals surface area contributed by atoms with Crippen LogP contribution in [-0.4, -0.2) is 19.9 Å². The summed E-state index contributed by atoms with van der Waals surface area (Å²) in [7, 11) is 8.62. The van der Waals surface area contributed by atoms with Crippen LogP contribution in [0.2, 0.25) is 0 Å². The van der Waals surface area contributed by atoms with Gasteiger partial charge < -0.3 is 17.7 Å². The molecule has 12 nitrogen and oxygen atoms in total. The average Bonchev–Trinajstić information content (AvgIpc) is 1.74. The normalized spacial score (nSPS) is 14.3. The quantitative estimate of drug-likeness (QED) is 0.0988. The van der Waals surface area contributed by atoms with Crippen LogP contribution < -0.4 is 18.3 Å². The molecule has 0 aliphatic heterocycles. The highest BCUT2D eigenvalue weighted by Gasteiger charge is 2.33. The van der Waals surface area contributed by atoms with Gasteiger partial charge >= 0.3 is 0 Å². The lowest BCUT2D eigenvalue weighted by Crippen LogP contribution is -2.32. The first kappa shape index (κ1) is 82.0. The number of nitrogens with zero attached hydrogens (tertiary/aromatic N) is 8. The molecule has 3 aliphatic rings. The van der Waals surface area contributed by atoms with Crippen molar-refractivity contribution in [3.63, 3.8) is 0 Å². The monoisotopic (exact) mass is 1580 g/mol. The zero-order valence-corrected chi connectivity index (χ0v) is 74.7. The van der Waals surface area contributed by atoms with E-state index >= 15 is 0 Å². The Balaban J connectivity index is 0.000000118. The van der Waals surface area contributed by atoms with Crippen molar-refractivity contribution in [2.75, 3.05) is 0 Å². The molecule has 3 saturated carbocycles. The Morgan fingerprint density at radius 1 is 0.319 bits per heavy atom. The van der Waals surface area contributed by atoms with Gasteiger partial charge in [0.05, 0.1) is 22.3 Å². The van der Waals surface area contributed by atoms with Gasteiger partial charge in [-0.3, -0.25) is 0 Å². The number of aryl methyl sites for hydroxylation is 13. The molecule has 12 aromatic heterocycles. The van der Waals surface area contributed by atoms with Gasteiger partial charge in [0.2, 0.25) is 45.6 Å². The van der Waals surface area contributed by atoms with Crippen LogP contribution in [0.4, 0.5) is 0 Å². The third-order valence-corrected chi connectivity index (χ3v) is 26.5. The number of pyridine rings is 8. The Morgan fingerprint density at radius 2 is 0.630 bits per heavy atom. The van der Waals surface area contributed by atoms with Crippen molar-refractivity contribution >= 4 is 88.3 Å². The third-order valence-electron chi connectivity index (χ3n) is 26.5. The predicted octanol–water partition coefficient (Wildman–Crippen LogP) is 26.7. The summed E-state index contributed by atoms with van der Waals surface area (Å²) in [5, 5.41) is 8.97. The van der Waals surface area contributed by atoms with Crippen LogP contribution in [0.25, 0.3) is 133 Å². The van der Waals surface area contributed by atoms with E-state index in [1.165, 1.54) is 189 Å². The third kappa shape index (κ3) is 15.8. The second-order valence-electron chi connectivity index (χ2n) is 36.6. The van der Waals surface area contributed by atoms with Crippen molar-refractivity contribution in [1.82, 2.24) is 19.9 Å². The largest absolute Gasteiger partial charge is 0.437 e. The zero-order valence-electron chi connectivity index (χ0n) is 74.7. The molecule has 0 amide bonds. The lowest BCUT2D eigenvalue weighted by atomic mass is 9.91. The molecule has 0 N–H and O–H groups in total. The van der Waals surface area contributed by atoms with E-state index in [0.29, 0.717) is 35.5 Å². The standard InChI is InChI=1S/C28H35N2O.C27H31N2O.2C26H29N2O/c1-16(2)13-20-14-25(30(8)15-23(20)17(3)4)26-19(7)9-10-21-22-11-12-24(18(5)6)29-28(22)31-27(21)26;1-16(2)23-13-12-21-20-11-10-17(3)25(26(20)30-27(21)28-23)24-14-22(18(4)15-29(24)5)19-8-6-7-9-19;1-5-19-11-13-21-20-12-10-16(2)24(25(20)29-26(21)27-19)23-14-22(17(3)15-28(23)4)18-8-6-7-9-18;1-5-19-11-13-21-20-12-10-16(2)24(25(20)29-26(21)27-19)23-14-17(3)22(15-28(23)4)18-8-6-7-9-18/h9-12,14-18H,13H2,1-8H3;10-16,19H,6-9H2,1-5H3;2*10-15,18H,5-9H2,1-4H3/q4*+1. The van der Waals surface area contributed by atoms with Crippen molar-refractivity contribution in [1.29, 1.82) is 0 Å². The lowest BCUT2D eigenvalue weighted by molar-refractivity contribution is -0.661. The van der Waals surface area contributed by atoms with E-state index in [9.17, 15) is 0 Å². The highest BCUT2D eigenvalue weighted by atomic mass is 16.4. The molecule has 0 saturated heterocycles. The van der Waals surface area contributed by atoms with Gasteiger partial charge in [0, 0.05) is 112 Å². The van der Waals surface area contributed by atoms with Crippen LogP contribution >= 0.6 is 0 Å². The summed E-state index contributed by atoms with van der Waals surface area (Å²) in [6.45, 7) is 37.6. The Morgan fingerprint density at radius 3 is 0.975 bits per heavy atom. The maximum atomic E-state index is 6.44. The van der Waals surface area contributed by atoms with E-state index in [0.717, 1.165) is 136 Å². The predicted molar refractivity (Wildman–Crippen MR) is 489 cm³/mol. The molecule has 3 fully saturated rings. The number of fused-ring (bicyclic) bond motifs is 12.